The average Bonchev–Trinajstić information content (AvgIpc) is 2.33. The quantitative estimate of drug-likeness (QED) is 0.728. The maximum atomic E-state index is 5.79. The summed E-state index contributed by atoms with van der Waals surface area (Å²) in [6.45, 7) is 12.2. The molecule has 0 aromatic heterocycles. The van der Waals surface area contributed by atoms with Crippen molar-refractivity contribution in [2.75, 3.05) is 17.7 Å². The largest absolute Gasteiger partial charge is 0.384 e. The molecule has 0 aliphatic carbocycles. The van der Waals surface area contributed by atoms with Crippen molar-refractivity contribution in [3.8, 4) is 0 Å². The Morgan fingerprint density at radius 1 is 1.28 bits per heavy atom. The molecule has 0 amide bonds. The van der Waals surface area contributed by atoms with Gasteiger partial charge in [-0.2, -0.15) is 0 Å². The molecular formula is C16H26ClN. The molecule has 1 aromatic carbocycles. The molecule has 1 nitrogen and oxygen atoms in total. The Labute approximate surface area is 117 Å². The first-order valence-corrected chi connectivity index (χ1v) is 7.38. The molecule has 0 spiro atoms. The molecule has 1 atom stereocenters. The van der Waals surface area contributed by atoms with Crippen LogP contribution in [0.2, 0.25) is 0 Å². The fourth-order valence-electron chi connectivity index (χ4n) is 2.37. The molecule has 0 saturated heterocycles. The third-order valence-electron chi connectivity index (χ3n) is 3.40. The van der Waals surface area contributed by atoms with E-state index in [4.69, 9.17) is 11.6 Å². The molecule has 0 aliphatic heterocycles. The highest BCUT2D eigenvalue weighted by molar-refractivity contribution is 6.18. The SMILES string of the molecule is CCC(C)c1cccc(NCCCl)c1C(C)(C)C. The summed E-state index contributed by atoms with van der Waals surface area (Å²) in [5.74, 6) is 1.23. The first kappa shape index (κ1) is 15.4. The smallest absolute Gasteiger partial charge is 0.0396 e. The first-order chi connectivity index (χ1) is 8.41. The van der Waals surface area contributed by atoms with Gasteiger partial charge in [-0.15, -0.1) is 11.6 Å². The van der Waals surface area contributed by atoms with Gasteiger partial charge in [0.1, 0.15) is 0 Å². The van der Waals surface area contributed by atoms with Gasteiger partial charge in [-0.1, -0.05) is 46.8 Å². The number of benzene rings is 1. The van der Waals surface area contributed by atoms with Crippen LogP contribution in [0, 0.1) is 0 Å². The molecule has 1 aromatic rings. The highest BCUT2D eigenvalue weighted by Crippen LogP contribution is 2.37. The number of nitrogens with one attached hydrogen (secondary N) is 1. The van der Waals surface area contributed by atoms with E-state index in [9.17, 15) is 0 Å². The van der Waals surface area contributed by atoms with Crippen LogP contribution in [0.3, 0.4) is 0 Å². The van der Waals surface area contributed by atoms with Gasteiger partial charge in [0.05, 0.1) is 0 Å². The monoisotopic (exact) mass is 267 g/mol. The van der Waals surface area contributed by atoms with Crippen LogP contribution in [0.1, 0.15) is 58.1 Å². The molecule has 1 rings (SSSR count). The van der Waals surface area contributed by atoms with Gasteiger partial charge in [0.25, 0.3) is 0 Å². The van der Waals surface area contributed by atoms with Crippen molar-refractivity contribution in [3.05, 3.63) is 29.3 Å². The Morgan fingerprint density at radius 2 is 1.94 bits per heavy atom. The Bertz CT molecular complexity index is 379. The Balaban J connectivity index is 3.26. The van der Waals surface area contributed by atoms with E-state index in [1.165, 1.54) is 23.2 Å². The van der Waals surface area contributed by atoms with E-state index in [0.29, 0.717) is 11.8 Å². The maximum absolute atomic E-state index is 5.79. The fraction of sp³-hybridized carbons (Fsp3) is 0.625. The summed E-state index contributed by atoms with van der Waals surface area (Å²) >= 11 is 5.79. The van der Waals surface area contributed by atoms with Gasteiger partial charge in [0.15, 0.2) is 0 Å². The molecule has 0 aliphatic rings. The zero-order valence-corrected chi connectivity index (χ0v) is 13.1. The summed E-state index contributed by atoms with van der Waals surface area (Å²) in [7, 11) is 0. The topological polar surface area (TPSA) is 12.0 Å². The number of anilines is 1. The van der Waals surface area contributed by atoms with E-state index in [-0.39, 0.29) is 5.41 Å². The number of halogens is 1. The van der Waals surface area contributed by atoms with Gasteiger partial charge >= 0.3 is 0 Å². The predicted molar refractivity (Wildman–Crippen MR) is 83.1 cm³/mol. The van der Waals surface area contributed by atoms with E-state index in [1.807, 2.05) is 0 Å². The molecule has 0 radical (unpaired) electrons. The van der Waals surface area contributed by atoms with E-state index < -0.39 is 0 Å². The lowest BCUT2D eigenvalue weighted by Crippen LogP contribution is -2.19. The molecule has 2 heteroatoms. The number of rotatable bonds is 5. The minimum Gasteiger partial charge on any atom is -0.384 e. The Kier molecular flexibility index (Phi) is 5.52. The number of alkyl halides is 1. The van der Waals surface area contributed by atoms with Gasteiger partial charge in [-0.3, -0.25) is 0 Å². The molecule has 102 valence electrons. The summed E-state index contributed by atoms with van der Waals surface area (Å²) in [5.41, 5.74) is 4.28. The van der Waals surface area contributed by atoms with Crippen LogP contribution >= 0.6 is 11.6 Å². The van der Waals surface area contributed by atoms with E-state index in [2.05, 4.69) is 58.1 Å². The number of hydrogen-bond acceptors (Lipinski definition) is 1. The van der Waals surface area contributed by atoms with Crippen LogP contribution in [0.5, 0.6) is 0 Å². The predicted octanol–water partition coefficient (Wildman–Crippen LogP) is 5.15. The molecular weight excluding hydrogens is 242 g/mol. The average molecular weight is 268 g/mol. The molecule has 0 bridgehead atoms. The minimum absolute atomic E-state index is 0.147. The molecule has 1 N–H and O–H groups in total. The summed E-state index contributed by atoms with van der Waals surface area (Å²) in [6.07, 6.45) is 1.17. The summed E-state index contributed by atoms with van der Waals surface area (Å²) in [5, 5.41) is 3.46. The van der Waals surface area contributed by atoms with Crippen molar-refractivity contribution < 1.29 is 0 Å². The van der Waals surface area contributed by atoms with Crippen molar-refractivity contribution in [1.82, 2.24) is 0 Å². The molecule has 0 fully saturated rings. The highest BCUT2D eigenvalue weighted by atomic mass is 35.5. The van der Waals surface area contributed by atoms with Gasteiger partial charge in [-0.05, 0) is 34.9 Å². The fourth-order valence-corrected chi connectivity index (χ4v) is 2.46. The van der Waals surface area contributed by atoms with E-state index in [1.54, 1.807) is 0 Å². The van der Waals surface area contributed by atoms with Crippen LogP contribution < -0.4 is 5.32 Å². The second-order valence-corrected chi connectivity index (χ2v) is 6.32. The lowest BCUT2D eigenvalue weighted by atomic mass is 9.78. The van der Waals surface area contributed by atoms with Crippen LogP contribution in [-0.2, 0) is 5.41 Å². The summed E-state index contributed by atoms with van der Waals surface area (Å²) < 4.78 is 0. The second kappa shape index (κ2) is 6.47. The van der Waals surface area contributed by atoms with Crippen molar-refractivity contribution in [2.45, 2.75) is 52.4 Å². The zero-order valence-electron chi connectivity index (χ0n) is 12.3. The minimum atomic E-state index is 0.147. The van der Waals surface area contributed by atoms with Crippen LogP contribution in [-0.4, -0.2) is 12.4 Å². The lowest BCUT2D eigenvalue weighted by Gasteiger charge is -2.29. The lowest BCUT2D eigenvalue weighted by molar-refractivity contribution is 0.572. The maximum Gasteiger partial charge on any atom is 0.0396 e. The van der Waals surface area contributed by atoms with Crippen molar-refractivity contribution in [3.63, 3.8) is 0 Å². The van der Waals surface area contributed by atoms with Gasteiger partial charge in [0, 0.05) is 18.1 Å². The Hall–Kier alpha value is -0.690. The third-order valence-corrected chi connectivity index (χ3v) is 3.59. The van der Waals surface area contributed by atoms with Gasteiger partial charge in [-0.25, -0.2) is 0 Å². The van der Waals surface area contributed by atoms with Crippen LogP contribution in [0.25, 0.3) is 0 Å². The zero-order chi connectivity index (χ0) is 13.8. The Morgan fingerprint density at radius 3 is 2.44 bits per heavy atom. The molecule has 0 heterocycles. The van der Waals surface area contributed by atoms with E-state index in [0.717, 1.165) is 6.54 Å². The highest BCUT2D eigenvalue weighted by Gasteiger charge is 2.23. The van der Waals surface area contributed by atoms with Gasteiger partial charge < -0.3 is 5.32 Å². The van der Waals surface area contributed by atoms with Gasteiger partial charge in [0.2, 0.25) is 0 Å². The third kappa shape index (κ3) is 3.65. The van der Waals surface area contributed by atoms with Crippen molar-refractivity contribution in [1.29, 1.82) is 0 Å². The normalized spacial score (nSPS) is 13.4. The van der Waals surface area contributed by atoms with E-state index >= 15 is 0 Å². The van der Waals surface area contributed by atoms with Crippen molar-refractivity contribution >= 4 is 17.3 Å². The van der Waals surface area contributed by atoms with Crippen LogP contribution in [0.15, 0.2) is 18.2 Å². The standard InChI is InChI=1S/C16H26ClN/c1-6-12(2)13-8-7-9-14(18-11-10-17)15(13)16(3,4)5/h7-9,12,18H,6,10-11H2,1-5H3. The number of hydrogen-bond donors (Lipinski definition) is 1. The molecule has 18 heavy (non-hydrogen) atoms. The second-order valence-electron chi connectivity index (χ2n) is 5.94. The van der Waals surface area contributed by atoms with Crippen LogP contribution in [0.4, 0.5) is 5.69 Å². The summed E-state index contributed by atoms with van der Waals surface area (Å²) in [4.78, 5) is 0. The molecule has 1 unspecified atom stereocenters. The summed E-state index contributed by atoms with van der Waals surface area (Å²) in [6, 6.07) is 6.58. The first-order valence-electron chi connectivity index (χ1n) is 6.85. The molecule has 0 saturated carbocycles. The van der Waals surface area contributed by atoms with Crippen molar-refractivity contribution in [2.24, 2.45) is 0 Å².